The van der Waals surface area contributed by atoms with Crippen LogP contribution in [0.25, 0.3) is 0 Å². The van der Waals surface area contributed by atoms with Gasteiger partial charge in [0.25, 0.3) is 0 Å². The standard InChI is InChI=1S/C50H90NO10P/c1-3-5-7-9-11-13-15-17-19-21-22-23-24-26-28-30-32-34-36-38-40-42-49(54)59-43-46(52)44-60-62(57,58)61-45-47(50(55)56)51-48(53)41-39-37-35-33-31-29-27-25-20-18-16-14-12-10-8-6-4-2/h6,8,12,14,17-20,46-47,52H,3-5,7,9-11,13,15-16,21-45H2,1-2H3,(H,51,53)(H,55,56)(H,57,58)/b8-6-,14-12-,19-17+,20-18-. The van der Waals surface area contributed by atoms with E-state index in [0.717, 1.165) is 83.5 Å². The molecule has 0 heterocycles. The number of aliphatic carboxylic acids is 1. The van der Waals surface area contributed by atoms with Gasteiger partial charge in [0, 0.05) is 12.8 Å². The summed E-state index contributed by atoms with van der Waals surface area (Å²) in [5.41, 5.74) is 0. The zero-order chi connectivity index (χ0) is 45.6. The van der Waals surface area contributed by atoms with E-state index in [9.17, 15) is 34.1 Å². The van der Waals surface area contributed by atoms with Gasteiger partial charge in [-0.05, 0) is 70.6 Å². The number of carboxylic acids is 1. The average Bonchev–Trinajstić information content (AvgIpc) is 3.25. The zero-order valence-corrected chi connectivity index (χ0v) is 40.1. The summed E-state index contributed by atoms with van der Waals surface area (Å²) in [6.07, 6.45) is 51.3. The molecule has 0 aromatic rings. The molecule has 360 valence electrons. The van der Waals surface area contributed by atoms with E-state index in [1.165, 1.54) is 96.3 Å². The van der Waals surface area contributed by atoms with Crippen molar-refractivity contribution >= 4 is 25.7 Å². The van der Waals surface area contributed by atoms with Gasteiger partial charge in [-0.3, -0.25) is 18.6 Å². The van der Waals surface area contributed by atoms with Crippen LogP contribution in [0.1, 0.15) is 219 Å². The van der Waals surface area contributed by atoms with Gasteiger partial charge < -0.3 is 25.2 Å². The van der Waals surface area contributed by atoms with Gasteiger partial charge in [-0.1, -0.05) is 184 Å². The molecular weight excluding hydrogens is 806 g/mol. The minimum absolute atomic E-state index is 0.133. The van der Waals surface area contributed by atoms with E-state index >= 15 is 0 Å². The lowest BCUT2D eigenvalue weighted by Gasteiger charge is -2.18. The number of nitrogens with one attached hydrogen (secondary N) is 1. The molecule has 3 unspecified atom stereocenters. The molecule has 0 rings (SSSR count). The van der Waals surface area contributed by atoms with E-state index in [-0.39, 0.29) is 12.8 Å². The lowest BCUT2D eigenvalue weighted by molar-refractivity contribution is -0.147. The number of carbonyl (C=O) groups excluding carboxylic acids is 2. The number of amides is 1. The van der Waals surface area contributed by atoms with Crippen molar-refractivity contribution in [2.75, 3.05) is 19.8 Å². The fraction of sp³-hybridized carbons (Fsp3) is 0.780. The largest absolute Gasteiger partial charge is 0.480 e. The topological polar surface area (TPSA) is 169 Å². The number of rotatable bonds is 46. The first-order valence-corrected chi connectivity index (χ1v) is 26.2. The monoisotopic (exact) mass is 896 g/mol. The number of allylic oxidation sites excluding steroid dienone is 8. The van der Waals surface area contributed by atoms with Crippen LogP contribution in [0.15, 0.2) is 48.6 Å². The zero-order valence-electron chi connectivity index (χ0n) is 39.2. The highest BCUT2D eigenvalue weighted by atomic mass is 31.2. The fourth-order valence-corrected chi connectivity index (χ4v) is 7.57. The van der Waals surface area contributed by atoms with Crippen molar-refractivity contribution in [1.82, 2.24) is 5.32 Å². The normalized spacial score (nSPS) is 14.0. The van der Waals surface area contributed by atoms with Crippen LogP contribution in [0, 0.1) is 0 Å². The lowest BCUT2D eigenvalue weighted by Crippen LogP contribution is -2.43. The number of hydrogen-bond acceptors (Lipinski definition) is 8. The third-order valence-corrected chi connectivity index (χ3v) is 11.6. The smallest absolute Gasteiger partial charge is 0.472 e. The average molecular weight is 896 g/mol. The van der Waals surface area contributed by atoms with Crippen molar-refractivity contribution in [3.8, 4) is 0 Å². The number of hydrogen-bond donors (Lipinski definition) is 4. The van der Waals surface area contributed by atoms with Gasteiger partial charge in [0.05, 0.1) is 13.2 Å². The van der Waals surface area contributed by atoms with E-state index in [1.54, 1.807) is 0 Å². The van der Waals surface area contributed by atoms with E-state index in [0.29, 0.717) is 12.8 Å². The molecule has 11 nitrogen and oxygen atoms in total. The second-order valence-corrected chi connectivity index (χ2v) is 18.1. The Balaban J connectivity index is 3.84. The summed E-state index contributed by atoms with van der Waals surface area (Å²) < 4.78 is 26.9. The first-order chi connectivity index (χ1) is 30.1. The number of phosphoric ester groups is 1. The predicted molar refractivity (Wildman–Crippen MR) is 254 cm³/mol. The fourth-order valence-electron chi connectivity index (χ4n) is 6.80. The molecule has 12 heteroatoms. The van der Waals surface area contributed by atoms with Crippen LogP contribution in [0.4, 0.5) is 0 Å². The maximum atomic E-state index is 12.3. The van der Waals surface area contributed by atoms with Gasteiger partial charge in [-0.15, -0.1) is 0 Å². The molecule has 62 heavy (non-hydrogen) atoms. The van der Waals surface area contributed by atoms with Crippen LogP contribution >= 0.6 is 7.82 Å². The van der Waals surface area contributed by atoms with Crippen LogP contribution in [-0.4, -0.2) is 64.9 Å². The molecule has 0 bridgehead atoms. The van der Waals surface area contributed by atoms with Crippen molar-refractivity contribution in [3.63, 3.8) is 0 Å². The van der Waals surface area contributed by atoms with Gasteiger partial charge in [0.2, 0.25) is 5.91 Å². The van der Waals surface area contributed by atoms with Gasteiger partial charge in [0.1, 0.15) is 12.7 Å². The Hall–Kier alpha value is -2.56. The predicted octanol–water partition coefficient (Wildman–Crippen LogP) is 13.3. The minimum Gasteiger partial charge on any atom is -0.480 e. The molecule has 0 aromatic carbocycles. The number of ether oxygens (including phenoxy) is 1. The third kappa shape index (κ3) is 44.1. The molecule has 4 N–H and O–H groups in total. The molecule has 1 amide bonds. The number of aliphatic hydroxyl groups is 1. The molecule has 0 aliphatic rings. The molecule has 0 saturated heterocycles. The van der Waals surface area contributed by atoms with Crippen molar-refractivity contribution in [1.29, 1.82) is 0 Å². The van der Waals surface area contributed by atoms with Crippen molar-refractivity contribution in [2.45, 2.75) is 231 Å². The number of esters is 1. The van der Waals surface area contributed by atoms with Crippen LogP contribution in [-0.2, 0) is 32.7 Å². The molecule has 3 atom stereocenters. The van der Waals surface area contributed by atoms with E-state index < -0.39 is 57.6 Å². The van der Waals surface area contributed by atoms with Gasteiger partial charge in [-0.2, -0.15) is 0 Å². The second-order valence-electron chi connectivity index (χ2n) is 16.6. The first kappa shape index (κ1) is 59.4. The number of phosphoric acid groups is 1. The Morgan fingerprint density at radius 2 is 0.935 bits per heavy atom. The quantitative estimate of drug-likeness (QED) is 0.0200. The maximum Gasteiger partial charge on any atom is 0.472 e. The summed E-state index contributed by atoms with van der Waals surface area (Å²) in [4.78, 5) is 46.1. The SMILES string of the molecule is CC/C=C\C/C=C\C/C=C\CCCCCCCCCC(=O)NC(COP(=O)(O)OCC(O)COC(=O)CCCCCCCCCCCCC/C=C/CCCCCCCC)C(=O)O. The van der Waals surface area contributed by atoms with Gasteiger partial charge in [0.15, 0.2) is 6.04 Å². The number of carbonyl (C=O) groups is 3. The highest BCUT2D eigenvalue weighted by Crippen LogP contribution is 2.43. The summed E-state index contributed by atoms with van der Waals surface area (Å²) in [5, 5.41) is 21.9. The highest BCUT2D eigenvalue weighted by molar-refractivity contribution is 7.47. The van der Waals surface area contributed by atoms with E-state index in [1.807, 2.05) is 0 Å². The van der Waals surface area contributed by atoms with E-state index in [2.05, 4.69) is 67.8 Å². The molecular formula is C50H90NO10P. The Labute approximate surface area is 377 Å². The van der Waals surface area contributed by atoms with E-state index in [4.69, 9.17) is 13.8 Å². The third-order valence-electron chi connectivity index (χ3n) is 10.6. The molecule has 0 aromatic heterocycles. The summed E-state index contributed by atoms with van der Waals surface area (Å²) in [6.45, 7) is 2.49. The number of unbranched alkanes of at least 4 members (excludes halogenated alkanes) is 24. The lowest BCUT2D eigenvalue weighted by atomic mass is 10.0. The van der Waals surface area contributed by atoms with Gasteiger partial charge >= 0.3 is 19.8 Å². The van der Waals surface area contributed by atoms with Crippen LogP contribution in [0.3, 0.4) is 0 Å². The Bertz CT molecular complexity index is 1240. The molecule has 0 saturated carbocycles. The summed E-state index contributed by atoms with van der Waals surface area (Å²) >= 11 is 0. The highest BCUT2D eigenvalue weighted by Gasteiger charge is 2.28. The maximum absolute atomic E-state index is 12.3. The summed E-state index contributed by atoms with van der Waals surface area (Å²) in [5.74, 6) is -2.38. The first-order valence-electron chi connectivity index (χ1n) is 24.7. The van der Waals surface area contributed by atoms with Gasteiger partial charge in [-0.25, -0.2) is 9.36 Å². The summed E-state index contributed by atoms with van der Waals surface area (Å²) in [6, 6.07) is -1.55. The van der Waals surface area contributed by atoms with Crippen LogP contribution < -0.4 is 5.32 Å². The van der Waals surface area contributed by atoms with Crippen molar-refractivity contribution < 1.29 is 47.8 Å². The Morgan fingerprint density at radius 1 is 0.532 bits per heavy atom. The molecule has 0 radical (unpaired) electrons. The Kier molecular flexibility index (Phi) is 43.2. The Morgan fingerprint density at radius 3 is 1.42 bits per heavy atom. The van der Waals surface area contributed by atoms with Crippen LogP contribution in [0.2, 0.25) is 0 Å². The minimum atomic E-state index is -4.76. The number of carboxylic acid groups (broad SMARTS) is 1. The van der Waals surface area contributed by atoms with Crippen molar-refractivity contribution in [2.24, 2.45) is 0 Å². The number of aliphatic hydroxyl groups excluding tert-OH is 1. The molecule has 0 fully saturated rings. The van der Waals surface area contributed by atoms with Crippen LogP contribution in [0.5, 0.6) is 0 Å². The molecule has 0 aliphatic heterocycles. The second kappa shape index (κ2) is 45.0. The van der Waals surface area contributed by atoms with Crippen molar-refractivity contribution in [3.05, 3.63) is 48.6 Å². The molecule has 0 aliphatic carbocycles. The summed E-state index contributed by atoms with van der Waals surface area (Å²) in [7, 11) is -4.76. The molecule has 0 spiro atoms.